The van der Waals surface area contributed by atoms with Crippen molar-refractivity contribution in [2.45, 2.75) is 26.8 Å². The minimum absolute atomic E-state index is 0.0823. The van der Waals surface area contributed by atoms with Gasteiger partial charge in [0.1, 0.15) is 0 Å². The van der Waals surface area contributed by atoms with Crippen molar-refractivity contribution in [2.75, 3.05) is 27.2 Å². The van der Waals surface area contributed by atoms with Crippen LogP contribution in [-0.2, 0) is 11.3 Å². The van der Waals surface area contributed by atoms with Gasteiger partial charge in [-0.25, -0.2) is 0 Å². The van der Waals surface area contributed by atoms with E-state index in [0.717, 1.165) is 25.1 Å². The van der Waals surface area contributed by atoms with Crippen molar-refractivity contribution in [3.05, 3.63) is 30.1 Å². The number of hydrogen-bond donors (Lipinski definition) is 0. The van der Waals surface area contributed by atoms with Crippen molar-refractivity contribution in [2.24, 2.45) is 5.92 Å². The molecule has 1 aromatic rings. The molecule has 0 bridgehead atoms. The molecule has 4 nitrogen and oxygen atoms in total. The van der Waals surface area contributed by atoms with E-state index in [1.807, 2.05) is 44.2 Å². The Labute approximate surface area is 116 Å². The lowest BCUT2D eigenvalue weighted by Gasteiger charge is -2.27. The van der Waals surface area contributed by atoms with E-state index in [-0.39, 0.29) is 11.8 Å². The molecule has 1 aromatic heterocycles. The van der Waals surface area contributed by atoms with Crippen LogP contribution in [-0.4, -0.2) is 47.9 Å². The Kier molecular flexibility index (Phi) is 6.50. The fraction of sp³-hybridized carbons (Fsp3) is 0.600. The highest BCUT2D eigenvalue weighted by Crippen LogP contribution is 2.10. The molecule has 0 aromatic carbocycles. The second kappa shape index (κ2) is 7.89. The maximum atomic E-state index is 12.4. The molecule has 0 N–H and O–H groups in total. The van der Waals surface area contributed by atoms with Crippen molar-refractivity contribution in [1.82, 2.24) is 14.8 Å². The van der Waals surface area contributed by atoms with Gasteiger partial charge in [0.2, 0.25) is 5.91 Å². The summed E-state index contributed by atoms with van der Waals surface area (Å²) >= 11 is 0. The highest BCUT2D eigenvalue weighted by Gasteiger charge is 2.19. The molecule has 0 aliphatic heterocycles. The van der Waals surface area contributed by atoms with E-state index in [9.17, 15) is 4.79 Å². The zero-order valence-electron chi connectivity index (χ0n) is 12.5. The fourth-order valence-electron chi connectivity index (χ4n) is 1.79. The van der Waals surface area contributed by atoms with E-state index in [0.29, 0.717) is 6.54 Å². The maximum absolute atomic E-state index is 12.4. The molecule has 0 unspecified atom stereocenters. The number of carbonyl (C=O) groups excluding carboxylic acids is 1. The van der Waals surface area contributed by atoms with Gasteiger partial charge in [-0.2, -0.15) is 0 Å². The van der Waals surface area contributed by atoms with Crippen LogP contribution in [0.1, 0.15) is 25.8 Å². The summed E-state index contributed by atoms with van der Waals surface area (Å²) in [5, 5.41) is 0. The lowest BCUT2D eigenvalue weighted by molar-refractivity contribution is -0.135. The van der Waals surface area contributed by atoms with Crippen LogP contribution in [0.5, 0.6) is 0 Å². The predicted octanol–water partition coefficient (Wildman–Crippen LogP) is 2.02. The smallest absolute Gasteiger partial charge is 0.225 e. The minimum atomic E-state index is 0.0823. The van der Waals surface area contributed by atoms with Gasteiger partial charge in [0.15, 0.2) is 0 Å². The first-order valence-electron chi connectivity index (χ1n) is 6.87. The number of rotatable bonds is 7. The largest absolute Gasteiger partial charge is 0.337 e. The highest BCUT2D eigenvalue weighted by molar-refractivity contribution is 5.78. The molecule has 0 saturated heterocycles. The molecule has 0 spiro atoms. The van der Waals surface area contributed by atoms with Gasteiger partial charge >= 0.3 is 0 Å². The number of pyridine rings is 1. The average Bonchev–Trinajstić information content (AvgIpc) is 2.42. The average molecular weight is 263 g/mol. The molecular formula is C15H25N3O. The van der Waals surface area contributed by atoms with Crippen LogP contribution < -0.4 is 0 Å². The topological polar surface area (TPSA) is 36.4 Å². The van der Waals surface area contributed by atoms with Gasteiger partial charge in [-0.15, -0.1) is 0 Å². The molecule has 19 heavy (non-hydrogen) atoms. The van der Waals surface area contributed by atoms with Crippen LogP contribution in [0, 0.1) is 5.92 Å². The Morgan fingerprint density at radius 3 is 2.63 bits per heavy atom. The Morgan fingerprint density at radius 1 is 1.37 bits per heavy atom. The summed E-state index contributed by atoms with van der Waals surface area (Å²) in [6.07, 6.45) is 4.46. The second-order valence-corrected chi connectivity index (χ2v) is 5.23. The van der Waals surface area contributed by atoms with Crippen molar-refractivity contribution in [3.63, 3.8) is 0 Å². The third-order valence-electron chi connectivity index (χ3n) is 3.26. The quantitative estimate of drug-likeness (QED) is 0.755. The third-order valence-corrected chi connectivity index (χ3v) is 3.26. The summed E-state index contributed by atoms with van der Waals surface area (Å²) in [4.78, 5) is 20.5. The molecule has 106 valence electrons. The van der Waals surface area contributed by atoms with Gasteiger partial charge in [-0.05, 0) is 32.1 Å². The van der Waals surface area contributed by atoms with E-state index < -0.39 is 0 Å². The standard InChI is InChI=1S/C15H25N3O/c1-5-13(2)15(19)18(10-9-17(3)4)12-14-7-6-8-16-11-14/h6-8,11,13H,5,9-10,12H2,1-4H3/t13-/m1/s1. The second-order valence-electron chi connectivity index (χ2n) is 5.23. The Bertz CT molecular complexity index is 378. The van der Waals surface area contributed by atoms with Crippen LogP contribution >= 0.6 is 0 Å². The predicted molar refractivity (Wildman–Crippen MR) is 77.7 cm³/mol. The fourth-order valence-corrected chi connectivity index (χ4v) is 1.79. The molecule has 0 fully saturated rings. The molecule has 0 radical (unpaired) electrons. The van der Waals surface area contributed by atoms with Gasteiger partial charge < -0.3 is 9.80 Å². The van der Waals surface area contributed by atoms with E-state index in [1.54, 1.807) is 6.20 Å². The van der Waals surface area contributed by atoms with Crippen molar-refractivity contribution >= 4 is 5.91 Å². The lowest BCUT2D eigenvalue weighted by Crippen LogP contribution is -2.39. The first kappa shape index (κ1) is 15.6. The normalized spacial score (nSPS) is 12.5. The molecule has 1 amide bonds. The summed E-state index contributed by atoms with van der Waals surface area (Å²) in [7, 11) is 4.05. The van der Waals surface area contributed by atoms with E-state index >= 15 is 0 Å². The Morgan fingerprint density at radius 2 is 2.11 bits per heavy atom. The number of amides is 1. The van der Waals surface area contributed by atoms with Crippen LogP contribution in [0.2, 0.25) is 0 Å². The Balaban J connectivity index is 2.71. The number of likely N-dealkylation sites (N-methyl/N-ethyl adjacent to an activating group) is 1. The maximum Gasteiger partial charge on any atom is 0.225 e. The monoisotopic (exact) mass is 263 g/mol. The number of hydrogen-bond acceptors (Lipinski definition) is 3. The van der Waals surface area contributed by atoms with E-state index in [1.165, 1.54) is 0 Å². The molecule has 1 rings (SSSR count). The molecule has 1 atom stereocenters. The van der Waals surface area contributed by atoms with Gasteiger partial charge in [0.05, 0.1) is 0 Å². The zero-order valence-corrected chi connectivity index (χ0v) is 12.5. The molecule has 0 saturated carbocycles. The van der Waals surface area contributed by atoms with Gasteiger partial charge in [-0.3, -0.25) is 9.78 Å². The minimum Gasteiger partial charge on any atom is -0.337 e. The molecule has 4 heteroatoms. The summed E-state index contributed by atoms with van der Waals surface area (Å²) in [5.74, 6) is 0.312. The zero-order chi connectivity index (χ0) is 14.3. The Hall–Kier alpha value is -1.42. The van der Waals surface area contributed by atoms with Crippen LogP contribution in [0.25, 0.3) is 0 Å². The van der Waals surface area contributed by atoms with Gasteiger partial charge in [-0.1, -0.05) is 19.9 Å². The molecular weight excluding hydrogens is 238 g/mol. The lowest BCUT2D eigenvalue weighted by atomic mass is 10.1. The molecule has 1 heterocycles. The highest BCUT2D eigenvalue weighted by atomic mass is 16.2. The summed E-state index contributed by atoms with van der Waals surface area (Å²) in [5.41, 5.74) is 1.08. The van der Waals surface area contributed by atoms with Gasteiger partial charge in [0, 0.05) is 37.9 Å². The van der Waals surface area contributed by atoms with Crippen molar-refractivity contribution < 1.29 is 4.79 Å². The van der Waals surface area contributed by atoms with Gasteiger partial charge in [0.25, 0.3) is 0 Å². The number of aromatic nitrogens is 1. The van der Waals surface area contributed by atoms with Crippen molar-refractivity contribution in [3.8, 4) is 0 Å². The van der Waals surface area contributed by atoms with Crippen LogP contribution in [0.3, 0.4) is 0 Å². The van der Waals surface area contributed by atoms with Crippen LogP contribution in [0.4, 0.5) is 0 Å². The van der Waals surface area contributed by atoms with Crippen molar-refractivity contribution in [1.29, 1.82) is 0 Å². The van der Waals surface area contributed by atoms with E-state index in [2.05, 4.69) is 16.8 Å². The van der Waals surface area contributed by atoms with Crippen LogP contribution in [0.15, 0.2) is 24.5 Å². The first-order chi connectivity index (χ1) is 9.04. The third kappa shape index (κ3) is 5.39. The summed E-state index contributed by atoms with van der Waals surface area (Å²) in [6.45, 7) is 6.32. The molecule has 0 aliphatic rings. The summed E-state index contributed by atoms with van der Waals surface area (Å²) < 4.78 is 0. The summed E-state index contributed by atoms with van der Waals surface area (Å²) in [6, 6.07) is 3.92. The number of carbonyl (C=O) groups is 1. The molecule has 0 aliphatic carbocycles. The first-order valence-corrected chi connectivity index (χ1v) is 6.87. The SMILES string of the molecule is CC[C@@H](C)C(=O)N(CCN(C)C)Cc1cccnc1. The number of nitrogens with zero attached hydrogens (tertiary/aromatic N) is 3. The van der Waals surface area contributed by atoms with E-state index in [4.69, 9.17) is 0 Å².